The van der Waals surface area contributed by atoms with Crippen molar-refractivity contribution in [2.45, 2.75) is 12.2 Å². The van der Waals surface area contributed by atoms with E-state index in [2.05, 4.69) is 0 Å². The molecule has 2 aliphatic heterocycles. The molecule has 0 N–H and O–H groups in total. The highest BCUT2D eigenvalue weighted by Crippen LogP contribution is 2.38. The fourth-order valence-electron chi connectivity index (χ4n) is 1.68. The molecule has 1 aromatic rings. The summed E-state index contributed by atoms with van der Waals surface area (Å²) in [6, 6.07) is 7.47. The first kappa shape index (κ1) is 7.09. The molecule has 0 aromatic heterocycles. The van der Waals surface area contributed by atoms with Crippen molar-refractivity contribution in [1.82, 2.24) is 0 Å². The maximum atomic E-state index is 11.3. The Kier molecular flexibility index (Phi) is 1.27. The maximum absolute atomic E-state index is 11.3. The van der Waals surface area contributed by atoms with Crippen LogP contribution in [0.15, 0.2) is 24.3 Å². The number of ether oxygens (including phenoxy) is 2. The Labute approximate surface area is 75.3 Å². The Hall–Kier alpha value is -1.35. The van der Waals surface area contributed by atoms with Gasteiger partial charge in [-0.25, -0.2) is 4.79 Å². The third-order valence-electron chi connectivity index (χ3n) is 2.42. The molecule has 1 saturated heterocycles. The van der Waals surface area contributed by atoms with Crippen LogP contribution in [-0.2, 0) is 9.47 Å². The molecule has 3 nitrogen and oxygen atoms in total. The topological polar surface area (TPSA) is 38.8 Å². The summed E-state index contributed by atoms with van der Waals surface area (Å²) in [6.45, 7) is 0.701. The lowest BCUT2D eigenvalue weighted by Gasteiger charge is -2.05. The van der Waals surface area contributed by atoms with Crippen LogP contribution in [0.4, 0.5) is 0 Å². The largest absolute Gasteiger partial charge is 0.451 e. The molecule has 3 rings (SSSR count). The highest BCUT2D eigenvalue weighted by atomic mass is 16.6. The van der Waals surface area contributed by atoms with Crippen LogP contribution in [0, 0.1) is 0 Å². The third kappa shape index (κ3) is 0.971. The van der Waals surface area contributed by atoms with E-state index in [0.717, 1.165) is 5.56 Å². The highest BCUT2D eigenvalue weighted by Gasteiger charge is 2.42. The Morgan fingerprint density at radius 2 is 2.08 bits per heavy atom. The molecular weight excluding hydrogens is 168 g/mol. The number of carbonyl (C=O) groups is 1. The zero-order valence-corrected chi connectivity index (χ0v) is 6.90. The number of hydrogen-bond donors (Lipinski definition) is 0. The van der Waals surface area contributed by atoms with Crippen molar-refractivity contribution in [3.05, 3.63) is 35.4 Å². The lowest BCUT2D eigenvalue weighted by Crippen LogP contribution is -2.05. The Balaban J connectivity index is 2.08. The second kappa shape index (κ2) is 2.33. The summed E-state index contributed by atoms with van der Waals surface area (Å²) in [5.74, 6) is -0.226. The summed E-state index contributed by atoms with van der Waals surface area (Å²) in [5.41, 5.74) is 1.65. The van der Waals surface area contributed by atoms with Crippen LogP contribution in [0.2, 0.25) is 0 Å². The van der Waals surface area contributed by atoms with Crippen LogP contribution < -0.4 is 0 Å². The second-order valence-electron chi connectivity index (χ2n) is 3.28. The van der Waals surface area contributed by atoms with Crippen LogP contribution in [0.25, 0.3) is 0 Å². The summed E-state index contributed by atoms with van der Waals surface area (Å²) < 4.78 is 10.3. The molecule has 0 amide bonds. The van der Waals surface area contributed by atoms with E-state index in [1.54, 1.807) is 6.07 Å². The molecule has 0 aliphatic carbocycles. The van der Waals surface area contributed by atoms with Crippen LogP contribution in [0.1, 0.15) is 22.0 Å². The van der Waals surface area contributed by atoms with E-state index in [-0.39, 0.29) is 18.2 Å². The van der Waals surface area contributed by atoms with E-state index in [0.29, 0.717) is 12.2 Å². The smallest absolute Gasteiger partial charge is 0.339 e. The van der Waals surface area contributed by atoms with Gasteiger partial charge >= 0.3 is 5.97 Å². The molecule has 2 heterocycles. The van der Waals surface area contributed by atoms with Crippen molar-refractivity contribution >= 4 is 5.97 Å². The molecular formula is C10H8O3. The normalized spacial score (nSPS) is 29.7. The minimum Gasteiger partial charge on any atom is -0.451 e. The number of epoxide rings is 1. The van der Waals surface area contributed by atoms with Gasteiger partial charge in [-0.3, -0.25) is 0 Å². The SMILES string of the molecule is O=C1OC(C2CO2)c2ccccc21. The number of rotatable bonds is 1. The molecule has 1 aromatic carbocycles. The fourth-order valence-corrected chi connectivity index (χ4v) is 1.68. The van der Waals surface area contributed by atoms with Crippen molar-refractivity contribution in [2.75, 3.05) is 6.61 Å². The number of esters is 1. The van der Waals surface area contributed by atoms with Gasteiger partial charge in [-0.2, -0.15) is 0 Å². The fraction of sp³-hybridized carbons (Fsp3) is 0.300. The van der Waals surface area contributed by atoms with Gasteiger partial charge in [0, 0.05) is 5.56 Å². The number of hydrogen-bond acceptors (Lipinski definition) is 3. The van der Waals surface area contributed by atoms with E-state index in [1.807, 2.05) is 18.2 Å². The predicted molar refractivity (Wildman–Crippen MR) is 44.3 cm³/mol. The maximum Gasteiger partial charge on any atom is 0.339 e. The summed E-state index contributed by atoms with van der Waals surface area (Å²) in [5, 5.41) is 0. The van der Waals surface area contributed by atoms with Gasteiger partial charge in [-0.05, 0) is 6.07 Å². The minimum absolute atomic E-state index is 0.0904. The van der Waals surface area contributed by atoms with Gasteiger partial charge in [0.1, 0.15) is 6.10 Å². The standard InChI is InChI=1S/C10H8O3/c11-10-7-4-2-1-3-6(7)9(13-10)8-5-12-8/h1-4,8-9H,5H2. The summed E-state index contributed by atoms with van der Waals surface area (Å²) in [7, 11) is 0. The van der Waals surface area contributed by atoms with E-state index >= 15 is 0 Å². The minimum atomic E-state index is -0.226. The quantitative estimate of drug-likeness (QED) is 0.478. The van der Waals surface area contributed by atoms with E-state index in [1.165, 1.54) is 0 Å². The van der Waals surface area contributed by atoms with Gasteiger partial charge in [0.15, 0.2) is 6.10 Å². The second-order valence-corrected chi connectivity index (χ2v) is 3.28. The van der Waals surface area contributed by atoms with E-state index < -0.39 is 0 Å². The Morgan fingerprint density at radius 1 is 1.31 bits per heavy atom. The van der Waals surface area contributed by atoms with Gasteiger partial charge in [-0.15, -0.1) is 0 Å². The third-order valence-corrected chi connectivity index (χ3v) is 2.42. The van der Waals surface area contributed by atoms with Crippen LogP contribution in [0.5, 0.6) is 0 Å². The molecule has 0 saturated carbocycles. The van der Waals surface area contributed by atoms with Crippen molar-refractivity contribution in [3.8, 4) is 0 Å². The van der Waals surface area contributed by atoms with Crippen LogP contribution >= 0.6 is 0 Å². The summed E-state index contributed by atoms with van der Waals surface area (Å²) >= 11 is 0. The van der Waals surface area contributed by atoms with Crippen molar-refractivity contribution in [1.29, 1.82) is 0 Å². The van der Waals surface area contributed by atoms with Crippen LogP contribution in [-0.4, -0.2) is 18.7 Å². The first-order valence-electron chi connectivity index (χ1n) is 4.28. The lowest BCUT2D eigenvalue weighted by molar-refractivity contribution is 0.0321. The first-order valence-corrected chi connectivity index (χ1v) is 4.28. The summed E-state index contributed by atoms with van der Waals surface area (Å²) in [4.78, 5) is 11.3. The predicted octanol–water partition coefficient (Wildman–Crippen LogP) is 1.30. The molecule has 0 radical (unpaired) electrons. The molecule has 2 unspecified atom stereocenters. The highest BCUT2D eigenvalue weighted by molar-refractivity contribution is 5.94. The molecule has 0 spiro atoms. The van der Waals surface area contributed by atoms with Gasteiger partial charge in [0.25, 0.3) is 0 Å². The van der Waals surface area contributed by atoms with Crippen molar-refractivity contribution in [3.63, 3.8) is 0 Å². The molecule has 0 bridgehead atoms. The van der Waals surface area contributed by atoms with Gasteiger partial charge in [0.05, 0.1) is 12.2 Å². The number of cyclic esters (lactones) is 1. The average molecular weight is 176 g/mol. The molecule has 1 fully saturated rings. The Bertz CT molecular complexity index is 368. The molecule has 3 heteroatoms. The van der Waals surface area contributed by atoms with Gasteiger partial charge < -0.3 is 9.47 Å². The van der Waals surface area contributed by atoms with Crippen molar-refractivity contribution < 1.29 is 14.3 Å². The van der Waals surface area contributed by atoms with Gasteiger partial charge in [-0.1, -0.05) is 18.2 Å². The van der Waals surface area contributed by atoms with Crippen LogP contribution in [0.3, 0.4) is 0 Å². The molecule has 2 aliphatic rings. The van der Waals surface area contributed by atoms with E-state index in [9.17, 15) is 4.79 Å². The number of carbonyl (C=O) groups excluding carboxylic acids is 1. The van der Waals surface area contributed by atoms with Crippen molar-refractivity contribution in [2.24, 2.45) is 0 Å². The zero-order chi connectivity index (χ0) is 8.84. The monoisotopic (exact) mass is 176 g/mol. The molecule has 13 heavy (non-hydrogen) atoms. The average Bonchev–Trinajstić information content (AvgIpc) is 2.94. The number of benzene rings is 1. The first-order chi connectivity index (χ1) is 6.36. The lowest BCUT2D eigenvalue weighted by atomic mass is 10.0. The molecule has 2 atom stereocenters. The zero-order valence-electron chi connectivity index (χ0n) is 6.90. The summed E-state index contributed by atoms with van der Waals surface area (Å²) in [6.07, 6.45) is -0.0729. The Morgan fingerprint density at radius 3 is 2.85 bits per heavy atom. The number of fused-ring (bicyclic) bond motifs is 1. The molecule has 66 valence electrons. The van der Waals surface area contributed by atoms with E-state index in [4.69, 9.17) is 9.47 Å². The van der Waals surface area contributed by atoms with Gasteiger partial charge in [0.2, 0.25) is 0 Å².